The summed E-state index contributed by atoms with van der Waals surface area (Å²) in [7, 11) is 0. The first-order valence-electron chi connectivity index (χ1n) is 9.04. The minimum absolute atomic E-state index is 0.0805. The van der Waals surface area contributed by atoms with E-state index in [0.717, 1.165) is 48.9 Å². The highest BCUT2D eigenvalue weighted by molar-refractivity contribution is 5.94. The van der Waals surface area contributed by atoms with E-state index in [0.29, 0.717) is 18.7 Å². The van der Waals surface area contributed by atoms with Crippen molar-refractivity contribution in [2.24, 2.45) is 0 Å². The van der Waals surface area contributed by atoms with Crippen molar-refractivity contribution in [3.05, 3.63) is 59.2 Å². The average Bonchev–Trinajstić information content (AvgIpc) is 2.68. The van der Waals surface area contributed by atoms with E-state index in [1.165, 1.54) is 0 Å². The fraction of sp³-hybridized carbons (Fsp3) is 0.381. The molecule has 3 rings (SSSR count). The van der Waals surface area contributed by atoms with Gasteiger partial charge in [0.1, 0.15) is 12.4 Å². The second-order valence-corrected chi connectivity index (χ2v) is 6.52. The zero-order valence-corrected chi connectivity index (χ0v) is 15.5. The number of anilines is 1. The highest BCUT2D eigenvalue weighted by atomic mass is 16.5. The Morgan fingerprint density at radius 3 is 2.58 bits per heavy atom. The Kier molecular flexibility index (Phi) is 6.12. The highest BCUT2D eigenvalue weighted by Gasteiger charge is 2.12. The Hall–Kier alpha value is -2.53. The first-order valence-corrected chi connectivity index (χ1v) is 9.04. The summed E-state index contributed by atoms with van der Waals surface area (Å²) in [6.45, 7) is 8.26. The molecule has 0 radical (unpaired) electrons. The van der Waals surface area contributed by atoms with Gasteiger partial charge in [0, 0.05) is 24.3 Å². The van der Waals surface area contributed by atoms with Crippen molar-refractivity contribution in [3.8, 4) is 5.75 Å². The summed E-state index contributed by atoms with van der Waals surface area (Å²) in [6.07, 6.45) is 0. The Morgan fingerprint density at radius 2 is 1.85 bits per heavy atom. The second-order valence-electron chi connectivity index (χ2n) is 6.52. The van der Waals surface area contributed by atoms with Crippen molar-refractivity contribution in [2.75, 3.05) is 44.4 Å². The van der Waals surface area contributed by atoms with E-state index in [4.69, 9.17) is 9.47 Å². The van der Waals surface area contributed by atoms with Gasteiger partial charge in [0.15, 0.2) is 0 Å². The molecule has 26 heavy (non-hydrogen) atoms. The summed E-state index contributed by atoms with van der Waals surface area (Å²) in [4.78, 5) is 14.5. The lowest BCUT2D eigenvalue weighted by Gasteiger charge is -2.28. The van der Waals surface area contributed by atoms with Crippen molar-refractivity contribution in [1.29, 1.82) is 0 Å². The van der Waals surface area contributed by atoms with Crippen LogP contribution in [0.4, 0.5) is 5.69 Å². The molecule has 5 heteroatoms. The molecule has 0 unspecified atom stereocenters. The third-order valence-corrected chi connectivity index (χ3v) is 4.49. The van der Waals surface area contributed by atoms with Crippen molar-refractivity contribution >= 4 is 11.6 Å². The van der Waals surface area contributed by atoms with Gasteiger partial charge in [0.2, 0.25) is 0 Å². The van der Waals surface area contributed by atoms with E-state index in [1.54, 1.807) is 0 Å². The molecule has 2 aromatic carbocycles. The quantitative estimate of drug-likeness (QED) is 0.811. The number of nitrogens with one attached hydrogen (secondary N) is 1. The van der Waals surface area contributed by atoms with Gasteiger partial charge in [0.25, 0.3) is 5.91 Å². The molecule has 1 saturated heterocycles. The summed E-state index contributed by atoms with van der Waals surface area (Å²) in [5.41, 5.74) is 4.05. The zero-order valence-electron chi connectivity index (χ0n) is 15.5. The number of morpholine rings is 1. The molecule has 1 N–H and O–H groups in total. The van der Waals surface area contributed by atoms with Crippen LogP contribution in [0.25, 0.3) is 0 Å². The third kappa shape index (κ3) is 4.76. The molecule has 5 nitrogen and oxygen atoms in total. The number of hydrogen-bond donors (Lipinski definition) is 1. The van der Waals surface area contributed by atoms with Crippen LogP contribution in [0.5, 0.6) is 5.75 Å². The van der Waals surface area contributed by atoms with Crippen LogP contribution in [0, 0.1) is 13.8 Å². The molecule has 0 aliphatic carbocycles. The van der Waals surface area contributed by atoms with Crippen molar-refractivity contribution in [2.45, 2.75) is 13.8 Å². The summed E-state index contributed by atoms with van der Waals surface area (Å²) >= 11 is 0. The smallest absolute Gasteiger partial charge is 0.251 e. The normalized spacial score (nSPS) is 14.2. The maximum atomic E-state index is 12.3. The van der Waals surface area contributed by atoms with Gasteiger partial charge in [-0.25, -0.2) is 0 Å². The number of hydrogen-bond acceptors (Lipinski definition) is 4. The van der Waals surface area contributed by atoms with Gasteiger partial charge in [-0.05, 0) is 55.3 Å². The van der Waals surface area contributed by atoms with Crippen LogP contribution in [0.2, 0.25) is 0 Å². The van der Waals surface area contributed by atoms with Gasteiger partial charge in [-0.3, -0.25) is 4.79 Å². The molecule has 1 aliphatic rings. The third-order valence-electron chi connectivity index (χ3n) is 4.49. The molecule has 0 spiro atoms. The highest BCUT2D eigenvalue weighted by Crippen LogP contribution is 2.19. The maximum absolute atomic E-state index is 12.3. The van der Waals surface area contributed by atoms with E-state index >= 15 is 0 Å². The topological polar surface area (TPSA) is 50.8 Å². The largest absolute Gasteiger partial charge is 0.491 e. The van der Waals surface area contributed by atoms with Gasteiger partial charge >= 0.3 is 0 Å². The molecule has 1 amide bonds. The predicted molar refractivity (Wildman–Crippen MR) is 103 cm³/mol. The van der Waals surface area contributed by atoms with Crippen LogP contribution in [-0.4, -0.2) is 45.4 Å². The van der Waals surface area contributed by atoms with Gasteiger partial charge in [0.05, 0.1) is 19.8 Å². The first-order chi connectivity index (χ1) is 12.6. The standard InChI is InChI=1S/C21H26N2O3/c1-16-3-4-17(2)20(15-16)26-12-9-22-21(24)18-5-7-19(8-6-18)23-10-13-25-14-11-23/h3-8,15H,9-14H2,1-2H3,(H,22,24). The van der Waals surface area contributed by atoms with Crippen molar-refractivity contribution in [3.63, 3.8) is 0 Å². The lowest BCUT2D eigenvalue weighted by molar-refractivity contribution is 0.0947. The number of carbonyl (C=O) groups excluding carboxylic acids is 1. The average molecular weight is 354 g/mol. The van der Waals surface area contributed by atoms with E-state index in [1.807, 2.05) is 50.2 Å². The fourth-order valence-corrected chi connectivity index (χ4v) is 2.94. The molecule has 2 aromatic rings. The van der Waals surface area contributed by atoms with Crippen molar-refractivity contribution < 1.29 is 14.3 Å². The van der Waals surface area contributed by atoms with Gasteiger partial charge in [-0.2, -0.15) is 0 Å². The minimum atomic E-state index is -0.0805. The van der Waals surface area contributed by atoms with Gasteiger partial charge < -0.3 is 19.7 Å². The SMILES string of the molecule is Cc1ccc(C)c(OCCNC(=O)c2ccc(N3CCOCC3)cc2)c1. The Morgan fingerprint density at radius 1 is 1.12 bits per heavy atom. The van der Waals surface area contributed by atoms with E-state index < -0.39 is 0 Å². The molecule has 1 aliphatic heterocycles. The Bertz CT molecular complexity index is 737. The summed E-state index contributed by atoms with van der Waals surface area (Å²) in [6, 6.07) is 13.8. The molecular weight excluding hydrogens is 328 g/mol. The molecule has 0 bridgehead atoms. The van der Waals surface area contributed by atoms with Crippen LogP contribution in [0.15, 0.2) is 42.5 Å². The van der Waals surface area contributed by atoms with Crippen molar-refractivity contribution in [1.82, 2.24) is 5.32 Å². The predicted octanol–water partition coefficient (Wildman–Crippen LogP) is 2.95. The number of ether oxygens (including phenoxy) is 2. The van der Waals surface area contributed by atoms with E-state index in [2.05, 4.69) is 16.3 Å². The molecule has 0 aromatic heterocycles. The minimum Gasteiger partial charge on any atom is -0.491 e. The monoisotopic (exact) mass is 354 g/mol. The molecule has 1 heterocycles. The molecule has 0 atom stereocenters. The van der Waals surface area contributed by atoms with Crippen LogP contribution in [0.3, 0.4) is 0 Å². The molecular formula is C21H26N2O3. The van der Waals surface area contributed by atoms with Crippen LogP contribution in [0.1, 0.15) is 21.5 Å². The number of carbonyl (C=O) groups is 1. The first kappa shape index (κ1) is 18.3. The molecule has 1 fully saturated rings. The lowest BCUT2D eigenvalue weighted by atomic mass is 10.1. The maximum Gasteiger partial charge on any atom is 0.251 e. The van der Waals surface area contributed by atoms with Crippen LogP contribution in [-0.2, 0) is 4.74 Å². The van der Waals surface area contributed by atoms with Crippen LogP contribution < -0.4 is 15.0 Å². The summed E-state index contributed by atoms with van der Waals surface area (Å²) in [5.74, 6) is 0.789. The second kappa shape index (κ2) is 8.72. The number of aryl methyl sites for hydroxylation is 2. The number of amides is 1. The summed E-state index contributed by atoms with van der Waals surface area (Å²) in [5, 5.41) is 2.90. The zero-order chi connectivity index (χ0) is 18.4. The lowest BCUT2D eigenvalue weighted by Crippen LogP contribution is -2.36. The van der Waals surface area contributed by atoms with E-state index in [9.17, 15) is 4.79 Å². The van der Waals surface area contributed by atoms with Gasteiger partial charge in [-0.15, -0.1) is 0 Å². The summed E-state index contributed by atoms with van der Waals surface area (Å²) < 4.78 is 11.1. The fourth-order valence-electron chi connectivity index (χ4n) is 2.94. The number of nitrogens with zero attached hydrogens (tertiary/aromatic N) is 1. The van der Waals surface area contributed by atoms with Gasteiger partial charge in [-0.1, -0.05) is 12.1 Å². The molecule has 138 valence electrons. The number of rotatable bonds is 6. The molecule has 0 saturated carbocycles. The Balaban J connectivity index is 1.46. The Labute approximate surface area is 154 Å². The van der Waals surface area contributed by atoms with Crippen LogP contribution >= 0.6 is 0 Å². The number of benzene rings is 2. The van der Waals surface area contributed by atoms with E-state index in [-0.39, 0.29) is 5.91 Å².